The highest BCUT2D eigenvalue weighted by atomic mass is 32.2. The second kappa shape index (κ2) is 9.00. The van der Waals surface area contributed by atoms with E-state index in [0.717, 1.165) is 45.2 Å². The fraction of sp³-hybridized carbons (Fsp3) is 1.00. The van der Waals surface area contributed by atoms with Crippen molar-refractivity contribution in [3.8, 4) is 0 Å². The minimum absolute atomic E-state index is 0.0618. The van der Waals surface area contributed by atoms with Crippen molar-refractivity contribution in [1.82, 2.24) is 10.0 Å². The summed E-state index contributed by atoms with van der Waals surface area (Å²) in [6.45, 7) is 8.44. The average Bonchev–Trinajstić information content (AvgIpc) is 2.37. The van der Waals surface area contributed by atoms with Crippen LogP contribution >= 0.6 is 0 Å². The molecule has 0 aromatic rings. The largest absolute Gasteiger partial charge is 0.317 e. The van der Waals surface area contributed by atoms with Gasteiger partial charge in [0.05, 0.1) is 5.75 Å². The molecule has 5 heteroatoms. The van der Waals surface area contributed by atoms with Crippen LogP contribution in [0.25, 0.3) is 0 Å². The van der Waals surface area contributed by atoms with Crippen molar-refractivity contribution >= 4 is 10.0 Å². The van der Waals surface area contributed by atoms with Crippen molar-refractivity contribution in [1.29, 1.82) is 0 Å². The van der Waals surface area contributed by atoms with Gasteiger partial charge in [-0.1, -0.05) is 26.7 Å². The minimum atomic E-state index is -3.10. The lowest BCUT2D eigenvalue weighted by atomic mass is 9.96. The Morgan fingerprint density at radius 2 is 1.80 bits per heavy atom. The summed E-state index contributed by atoms with van der Waals surface area (Å²) in [6.07, 6.45) is 6.22. The third-order valence-electron chi connectivity index (χ3n) is 4.05. The van der Waals surface area contributed by atoms with Crippen molar-refractivity contribution in [2.24, 2.45) is 11.8 Å². The van der Waals surface area contributed by atoms with E-state index in [-0.39, 0.29) is 11.8 Å². The third-order valence-corrected chi connectivity index (χ3v) is 5.59. The van der Waals surface area contributed by atoms with Gasteiger partial charge in [-0.3, -0.25) is 0 Å². The van der Waals surface area contributed by atoms with Crippen LogP contribution in [-0.4, -0.2) is 33.3 Å². The summed E-state index contributed by atoms with van der Waals surface area (Å²) in [5, 5.41) is 3.31. The first kappa shape index (κ1) is 17.9. The van der Waals surface area contributed by atoms with Crippen molar-refractivity contribution < 1.29 is 8.42 Å². The van der Waals surface area contributed by atoms with Crippen LogP contribution in [0.15, 0.2) is 0 Å². The molecule has 120 valence electrons. The molecule has 1 saturated heterocycles. The third kappa shape index (κ3) is 8.22. The van der Waals surface area contributed by atoms with Gasteiger partial charge in [-0.15, -0.1) is 0 Å². The lowest BCUT2D eigenvalue weighted by Crippen LogP contribution is -2.36. The second-order valence-electron chi connectivity index (χ2n) is 6.64. The molecule has 0 amide bonds. The Kier molecular flexibility index (Phi) is 8.07. The molecule has 0 aromatic heterocycles. The second-order valence-corrected chi connectivity index (χ2v) is 8.52. The molecule has 1 atom stereocenters. The van der Waals surface area contributed by atoms with Crippen molar-refractivity contribution in [3.63, 3.8) is 0 Å². The van der Waals surface area contributed by atoms with E-state index in [1.165, 1.54) is 6.42 Å². The Labute approximate surface area is 125 Å². The minimum Gasteiger partial charge on any atom is -0.317 e. The van der Waals surface area contributed by atoms with E-state index < -0.39 is 10.0 Å². The molecule has 1 aliphatic rings. The summed E-state index contributed by atoms with van der Waals surface area (Å²) in [4.78, 5) is 0. The standard InChI is InChI=1S/C15H32N2O2S/c1-13(2)5-4-6-14(3)17-20(18,19)12-9-15-7-10-16-11-8-15/h13-17H,4-12H2,1-3H3. The molecule has 0 bridgehead atoms. The van der Waals surface area contributed by atoms with E-state index >= 15 is 0 Å². The van der Waals surface area contributed by atoms with Crippen molar-refractivity contribution in [2.45, 2.75) is 65.3 Å². The molecule has 0 radical (unpaired) electrons. The van der Waals surface area contributed by atoms with Crippen LogP contribution in [-0.2, 0) is 10.0 Å². The van der Waals surface area contributed by atoms with Crippen LogP contribution in [0.4, 0.5) is 0 Å². The van der Waals surface area contributed by atoms with E-state index in [2.05, 4.69) is 23.9 Å². The van der Waals surface area contributed by atoms with Gasteiger partial charge in [-0.05, 0) is 57.5 Å². The van der Waals surface area contributed by atoms with E-state index in [9.17, 15) is 8.42 Å². The molecule has 1 heterocycles. The monoisotopic (exact) mass is 304 g/mol. The quantitative estimate of drug-likeness (QED) is 0.688. The van der Waals surface area contributed by atoms with Crippen LogP contribution in [0.5, 0.6) is 0 Å². The molecule has 0 spiro atoms. The fourth-order valence-electron chi connectivity index (χ4n) is 2.75. The molecular weight excluding hydrogens is 272 g/mol. The molecule has 1 rings (SSSR count). The van der Waals surface area contributed by atoms with Crippen LogP contribution in [0, 0.1) is 11.8 Å². The predicted molar refractivity (Wildman–Crippen MR) is 85.3 cm³/mol. The molecule has 1 unspecified atom stereocenters. The molecule has 4 nitrogen and oxygen atoms in total. The van der Waals surface area contributed by atoms with Gasteiger partial charge in [0.2, 0.25) is 10.0 Å². The van der Waals surface area contributed by atoms with E-state index in [0.29, 0.717) is 11.8 Å². The van der Waals surface area contributed by atoms with Crippen LogP contribution in [0.2, 0.25) is 0 Å². The highest BCUT2D eigenvalue weighted by molar-refractivity contribution is 7.89. The van der Waals surface area contributed by atoms with Crippen LogP contribution in [0.3, 0.4) is 0 Å². The van der Waals surface area contributed by atoms with E-state index in [4.69, 9.17) is 0 Å². The number of nitrogens with one attached hydrogen (secondary N) is 2. The lowest BCUT2D eigenvalue weighted by molar-refractivity contribution is 0.364. The summed E-state index contributed by atoms with van der Waals surface area (Å²) < 4.78 is 26.9. The Morgan fingerprint density at radius 1 is 1.15 bits per heavy atom. The summed E-state index contributed by atoms with van der Waals surface area (Å²) >= 11 is 0. The predicted octanol–water partition coefficient (Wildman–Crippen LogP) is 2.51. The Hall–Kier alpha value is -0.130. The van der Waals surface area contributed by atoms with Crippen molar-refractivity contribution in [2.75, 3.05) is 18.8 Å². The number of sulfonamides is 1. The molecule has 1 fully saturated rings. The maximum absolute atomic E-state index is 12.1. The lowest BCUT2D eigenvalue weighted by Gasteiger charge is -2.23. The Balaban J connectivity index is 2.22. The number of piperidine rings is 1. The van der Waals surface area contributed by atoms with Crippen LogP contribution < -0.4 is 10.0 Å². The van der Waals surface area contributed by atoms with Gasteiger partial charge in [0.15, 0.2) is 0 Å². The van der Waals surface area contributed by atoms with Gasteiger partial charge in [-0.25, -0.2) is 13.1 Å². The molecule has 20 heavy (non-hydrogen) atoms. The van der Waals surface area contributed by atoms with Gasteiger partial charge in [0.1, 0.15) is 0 Å². The molecule has 0 aliphatic carbocycles. The molecular formula is C15H32N2O2S. The normalized spacial score (nSPS) is 19.4. The van der Waals surface area contributed by atoms with Gasteiger partial charge >= 0.3 is 0 Å². The van der Waals surface area contributed by atoms with Crippen LogP contribution in [0.1, 0.15) is 59.3 Å². The number of hydrogen-bond acceptors (Lipinski definition) is 3. The molecule has 0 aromatic carbocycles. The summed E-state index contributed by atoms with van der Waals surface area (Å²) in [5.74, 6) is 1.55. The summed E-state index contributed by atoms with van der Waals surface area (Å²) in [7, 11) is -3.10. The Morgan fingerprint density at radius 3 is 2.40 bits per heavy atom. The first-order chi connectivity index (χ1) is 9.39. The highest BCUT2D eigenvalue weighted by Gasteiger charge is 2.19. The number of rotatable bonds is 9. The average molecular weight is 305 g/mol. The fourth-order valence-corrected chi connectivity index (χ4v) is 4.24. The van der Waals surface area contributed by atoms with E-state index in [1.807, 2.05) is 6.92 Å². The summed E-state index contributed by atoms with van der Waals surface area (Å²) in [6, 6.07) is 0.0618. The zero-order chi connectivity index (χ0) is 15.0. The van der Waals surface area contributed by atoms with E-state index in [1.54, 1.807) is 0 Å². The molecule has 0 saturated carbocycles. The van der Waals surface area contributed by atoms with Gasteiger partial charge < -0.3 is 5.32 Å². The first-order valence-corrected chi connectivity index (χ1v) is 9.75. The first-order valence-electron chi connectivity index (χ1n) is 8.10. The summed E-state index contributed by atoms with van der Waals surface area (Å²) in [5.41, 5.74) is 0. The molecule has 1 aliphatic heterocycles. The maximum atomic E-state index is 12.1. The molecule has 2 N–H and O–H groups in total. The topological polar surface area (TPSA) is 58.2 Å². The van der Waals surface area contributed by atoms with Gasteiger partial charge in [-0.2, -0.15) is 0 Å². The van der Waals surface area contributed by atoms with Gasteiger partial charge in [0, 0.05) is 6.04 Å². The van der Waals surface area contributed by atoms with Gasteiger partial charge in [0.25, 0.3) is 0 Å². The Bertz CT molecular complexity index is 349. The number of hydrogen-bond donors (Lipinski definition) is 2. The maximum Gasteiger partial charge on any atom is 0.211 e. The smallest absolute Gasteiger partial charge is 0.211 e. The van der Waals surface area contributed by atoms with Crippen molar-refractivity contribution in [3.05, 3.63) is 0 Å². The SMILES string of the molecule is CC(C)CCCC(C)NS(=O)(=O)CCC1CCNCC1. The highest BCUT2D eigenvalue weighted by Crippen LogP contribution is 2.17. The zero-order valence-electron chi connectivity index (χ0n) is 13.3. The zero-order valence-corrected chi connectivity index (χ0v) is 14.1.